The lowest BCUT2D eigenvalue weighted by Gasteiger charge is -2.08. The van der Waals surface area contributed by atoms with Crippen molar-refractivity contribution in [2.24, 2.45) is 0 Å². The molecule has 4 aromatic rings. The van der Waals surface area contributed by atoms with Crippen LogP contribution in [-0.4, -0.2) is 23.1 Å². The van der Waals surface area contributed by atoms with Gasteiger partial charge in [0, 0.05) is 17.3 Å². The maximum absolute atomic E-state index is 12.4. The van der Waals surface area contributed by atoms with E-state index in [2.05, 4.69) is 10.3 Å². The van der Waals surface area contributed by atoms with Gasteiger partial charge in [-0.15, -0.1) is 11.3 Å². The summed E-state index contributed by atoms with van der Waals surface area (Å²) >= 11 is 1.51. The number of methoxy groups -OCH3 is 1. The SMILES string of the molecule is COc1ccc(C(=O)Nc2ccc(-c3nc4ccccc4s3)c(O)c2)cc1. The number of aromatic nitrogens is 1. The van der Waals surface area contributed by atoms with E-state index >= 15 is 0 Å². The number of benzene rings is 3. The zero-order valence-corrected chi connectivity index (χ0v) is 15.3. The second-order valence-corrected chi connectivity index (χ2v) is 6.93. The number of aromatic hydroxyl groups is 1. The average molecular weight is 376 g/mol. The number of phenolic OH excluding ortho intramolecular Hbond substituents is 1. The molecule has 0 aliphatic rings. The van der Waals surface area contributed by atoms with Crippen LogP contribution in [0.3, 0.4) is 0 Å². The topological polar surface area (TPSA) is 71.5 Å². The lowest BCUT2D eigenvalue weighted by molar-refractivity contribution is 0.102. The summed E-state index contributed by atoms with van der Waals surface area (Å²) in [7, 11) is 1.57. The van der Waals surface area contributed by atoms with Crippen molar-refractivity contribution in [2.45, 2.75) is 0 Å². The maximum atomic E-state index is 12.4. The van der Waals surface area contributed by atoms with Gasteiger partial charge >= 0.3 is 0 Å². The third kappa shape index (κ3) is 3.47. The molecule has 2 N–H and O–H groups in total. The molecule has 3 aromatic carbocycles. The van der Waals surface area contributed by atoms with Crippen LogP contribution in [0.5, 0.6) is 11.5 Å². The number of thiazole rings is 1. The van der Waals surface area contributed by atoms with E-state index in [0.717, 1.165) is 15.2 Å². The first-order valence-electron chi connectivity index (χ1n) is 8.28. The van der Waals surface area contributed by atoms with Gasteiger partial charge in [0.2, 0.25) is 0 Å². The molecule has 1 heterocycles. The van der Waals surface area contributed by atoms with Gasteiger partial charge < -0.3 is 15.2 Å². The minimum Gasteiger partial charge on any atom is -0.507 e. The molecule has 0 aliphatic carbocycles. The average Bonchev–Trinajstić information content (AvgIpc) is 3.12. The number of ether oxygens (including phenoxy) is 1. The van der Waals surface area contributed by atoms with Gasteiger partial charge in [0.05, 0.1) is 22.9 Å². The van der Waals surface area contributed by atoms with Gasteiger partial charge in [-0.3, -0.25) is 4.79 Å². The van der Waals surface area contributed by atoms with Gasteiger partial charge in [-0.2, -0.15) is 0 Å². The molecule has 1 amide bonds. The highest BCUT2D eigenvalue weighted by Crippen LogP contribution is 2.36. The van der Waals surface area contributed by atoms with Gasteiger partial charge in [-0.05, 0) is 48.5 Å². The van der Waals surface area contributed by atoms with E-state index in [1.165, 1.54) is 17.4 Å². The molecular weight excluding hydrogens is 360 g/mol. The van der Waals surface area contributed by atoms with Gasteiger partial charge in [0.15, 0.2) is 0 Å². The minimum atomic E-state index is -0.259. The molecule has 0 fully saturated rings. The molecular formula is C21H16N2O3S. The van der Waals surface area contributed by atoms with Crippen LogP contribution in [0.2, 0.25) is 0 Å². The molecule has 0 unspecified atom stereocenters. The van der Waals surface area contributed by atoms with Crippen molar-refractivity contribution >= 4 is 33.1 Å². The van der Waals surface area contributed by atoms with E-state index in [-0.39, 0.29) is 11.7 Å². The van der Waals surface area contributed by atoms with E-state index in [9.17, 15) is 9.90 Å². The second kappa shape index (κ2) is 7.09. The number of phenols is 1. The zero-order chi connectivity index (χ0) is 18.8. The summed E-state index contributed by atoms with van der Waals surface area (Å²) in [5.74, 6) is 0.496. The molecule has 0 radical (unpaired) electrons. The van der Waals surface area contributed by atoms with Gasteiger partial charge in [-0.1, -0.05) is 12.1 Å². The lowest BCUT2D eigenvalue weighted by atomic mass is 10.1. The Balaban J connectivity index is 1.56. The fourth-order valence-electron chi connectivity index (χ4n) is 2.72. The summed E-state index contributed by atoms with van der Waals surface area (Å²) in [6.45, 7) is 0. The Morgan fingerprint density at radius 3 is 2.56 bits per heavy atom. The molecule has 0 saturated heterocycles. The number of rotatable bonds is 4. The number of amides is 1. The van der Waals surface area contributed by atoms with Crippen LogP contribution >= 0.6 is 11.3 Å². The Labute approximate surface area is 159 Å². The number of para-hydroxylation sites is 1. The Hall–Kier alpha value is -3.38. The Kier molecular flexibility index (Phi) is 4.48. The number of nitrogens with zero attached hydrogens (tertiary/aromatic N) is 1. The third-order valence-corrected chi connectivity index (χ3v) is 5.20. The molecule has 6 heteroatoms. The number of anilines is 1. The summed E-state index contributed by atoms with van der Waals surface area (Å²) in [5, 5.41) is 13.9. The standard InChI is InChI=1S/C21H16N2O3S/c1-26-15-9-6-13(7-10-15)20(25)22-14-8-11-16(18(24)12-14)21-23-17-4-2-3-5-19(17)27-21/h2-12,24H,1H3,(H,22,25). The predicted octanol–water partition coefficient (Wildman–Crippen LogP) is 4.93. The number of carbonyl (C=O) groups is 1. The molecule has 5 nitrogen and oxygen atoms in total. The smallest absolute Gasteiger partial charge is 0.255 e. The fraction of sp³-hybridized carbons (Fsp3) is 0.0476. The number of hydrogen-bond donors (Lipinski definition) is 2. The summed E-state index contributed by atoms with van der Waals surface area (Å²) in [5.41, 5.74) is 2.55. The highest BCUT2D eigenvalue weighted by molar-refractivity contribution is 7.21. The molecule has 0 bridgehead atoms. The van der Waals surface area contributed by atoms with Crippen molar-refractivity contribution < 1.29 is 14.6 Å². The molecule has 1 aromatic heterocycles. The number of carbonyl (C=O) groups excluding carboxylic acids is 1. The molecule has 27 heavy (non-hydrogen) atoms. The molecule has 0 aliphatic heterocycles. The van der Waals surface area contributed by atoms with Crippen LogP contribution in [0.25, 0.3) is 20.8 Å². The summed E-state index contributed by atoms with van der Waals surface area (Å²) < 4.78 is 6.15. The van der Waals surface area contributed by atoms with Crippen LogP contribution in [0, 0.1) is 0 Å². The predicted molar refractivity (Wildman–Crippen MR) is 108 cm³/mol. The van der Waals surface area contributed by atoms with Crippen LogP contribution in [0.1, 0.15) is 10.4 Å². The van der Waals surface area contributed by atoms with Crippen molar-refractivity contribution in [2.75, 3.05) is 12.4 Å². The largest absolute Gasteiger partial charge is 0.507 e. The quantitative estimate of drug-likeness (QED) is 0.530. The van der Waals surface area contributed by atoms with E-state index < -0.39 is 0 Å². The van der Waals surface area contributed by atoms with Crippen molar-refractivity contribution in [1.29, 1.82) is 0 Å². The normalized spacial score (nSPS) is 10.7. The molecule has 0 spiro atoms. The summed E-state index contributed by atoms with van der Waals surface area (Å²) in [6, 6.07) is 19.7. The van der Waals surface area contributed by atoms with Crippen LogP contribution in [0.4, 0.5) is 5.69 Å². The van der Waals surface area contributed by atoms with E-state index in [0.29, 0.717) is 22.6 Å². The molecule has 4 rings (SSSR count). The van der Waals surface area contributed by atoms with Crippen LogP contribution in [0.15, 0.2) is 66.7 Å². The van der Waals surface area contributed by atoms with E-state index in [1.807, 2.05) is 24.3 Å². The first kappa shape index (κ1) is 17.1. The van der Waals surface area contributed by atoms with Gasteiger partial charge in [0.25, 0.3) is 5.91 Å². The molecule has 0 saturated carbocycles. The van der Waals surface area contributed by atoms with E-state index in [1.54, 1.807) is 43.5 Å². The molecule has 0 atom stereocenters. The first-order chi connectivity index (χ1) is 13.1. The van der Waals surface area contributed by atoms with Crippen molar-refractivity contribution in [3.05, 3.63) is 72.3 Å². The zero-order valence-electron chi connectivity index (χ0n) is 14.5. The second-order valence-electron chi connectivity index (χ2n) is 5.90. The van der Waals surface area contributed by atoms with Gasteiger partial charge in [-0.25, -0.2) is 4.98 Å². The highest BCUT2D eigenvalue weighted by Gasteiger charge is 2.12. The number of nitrogens with one attached hydrogen (secondary N) is 1. The first-order valence-corrected chi connectivity index (χ1v) is 9.10. The van der Waals surface area contributed by atoms with E-state index in [4.69, 9.17) is 4.74 Å². The number of hydrogen-bond acceptors (Lipinski definition) is 5. The van der Waals surface area contributed by atoms with Gasteiger partial charge in [0.1, 0.15) is 16.5 Å². The van der Waals surface area contributed by atoms with Crippen LogP contribution < -0.4 is 10.1 Å². The highest BCUT2D eigenvalue weighted by atomic mass is 32.1. The maximum Gasteiger partial charge on any atom is 0.255 e. The Morgan fingerprint density at radius 2 is 1.85 bits per heavy atom. The Morgan fingerprint density at radius 1 is 1.07 bits per heavy atom. The lowest BCUT2D eigenvalue weighted by Crippen LogP contribution is -2.11. The van der Waals surface area contributed by atoms with Crippen molar-refractivity contribution in [3.63, 3.8) is 0 Å². The fourth-order valence-corrected chi connectivity index (χ4v) is 3.72. The molecule has 134 valence electrons. The van der Waals surface area contributed by atoms with Crippen LogP contribution in [-0.2, 0) is 0 Å². The minimum absolute atomic E-state index is 0.0709. The monoisotopic (exact) mass is 376 g/mol. The summed E-state index contributed by atoms with van der Waals surface area (Å²) in [6.07, 6.45) is 0. The van der Waals surface area contributed by atoms with Crippen molar-refractivity contribution in [1.82, 2.24) is 4.98 Å². The number of fused-ring (bicyclic) bond motifs is 1. The van der Waals surface area contributed by atoms with Crippen molar-refractivity contribution in [3.8, 4) is 22.1 Å². The Bertz CT molecular complexity index is 1090. The third-order valence-electron chi connectivity index (χ3n) is 4.13. The summed E-state index contributed by atoms with van der Waals surface area (Å²) in [4.78, 5) is 16.9.